The van der Waals surface area contributed by atoms with Gasteiger partial charge in [-0.3, -0.25) is 9.69 Å². The van der Waals surface area contributed by atoms with Gasteiger partial charge < -0.3 is 10.2 Å². The molecule has 1 saturated heterocycles. The first-order valence-electron chi connectivity index (χ1n) is 10.2. The first-order valence-corrected chi connectivity index (χ1v) is 10.6. The molecule has 3 aromatic rings. The van der Waals surface area contributed by atoms with Crippen LogP contribution in [0.2, 0.25) is 5.02 Å². The number of amides is 1. The van der Waals surface area contributed by atoms with E-state index in [0.717, 1.165) is 49.7 Å². The third-order valence-electron chi connectivity index (χ3n) is 5.30. The van der Waals surface area contributed by atoms with Gasteiger partial charge >= 0.3 is 0 Å². The lowest BCUT2D eigenvalue weighted by molar-refractivity contribution is -0.117. The lowest BCUT2D eigenvalue weighted by Gasteiger charge is -2.35. The number of benzene rings is 2. The predicted molar refractivity (Wildman–Crippen MR) is 122 cm³/mol. The van der Waals surface area contributed by atoms with Crippen molar-refractivity contribution in [3.8, 4) is 0 Å². The number of nitrogens with zero attached hydrogens (tertiary/aromatic N) is 3. The third-order valence-corrected chi connectivity index (χ3v) is 5.53. The molecule has 1 aliphatic rings. The maximum Gasteiger partial charge on any atom is 0.238 e. The number of anilines is 2. The van der Waals surface area contributed by atoms with Crippen LogP contribution in [0.5, 0.6) is 0 Å². The summed E-state index contributed by atoms with van der Waals surface area (Å²) >= 11 is 5.92. The van der Waals surface area contributed by atoms with E-state index in [4.69, 9.17) is 11.6 Å². The SMILES string of the molecule is O=C(CN1CCN(c2ccc(Cl)cn2)CC1)Nc1ccccc1Cc1ccccc1. The topological polar surface area (TPSA) is 48.5 Å². The van der Waals surface area contributed by atoms with Crippen molar-refractivity contribution in [3.05, 3.63) is 89.1 Å². The molecule has 6 heteroatoms. The molecule has 2 aromatic carbocycles. The van der Waals surface area contributed by atoms with Crippen LogP contribution < -0.4 is 10.2 Å². The molecule has 154 valence electrons. The van der Waals surface area contributed by atoms with Gasteiger partial charge in [0.2, 0.25) is 5.91 Å². The minimum atomic E-state index is 0.0218. The Morgan fingerprint density at radius 1 is 0.933 bits per heavy atom. The molecule has 0 radical (unpaired) electrons. The van der Waals surface area contributed by atoms with Crippen LogP contribution >= 0.6 is 11.6 Å². The number of aromatic nitrogens is 1. The fourth-order valence-corrected chi connectivity index (χ4v) is 3.81. The van der Waals surface area contributed by atoms with Crippen LogP contribution in [0, 0.1) is 0 Å². The average Bonchev–Trinajstić information content (AvgIpc) is 2.77. The van der Waals surface area contributed by atoms with Crippen LogP contribution in [0.25, 0.3) is 0 Å². The highest BCUT2D eigenvalue weighted by Gasteiger charge is 2.20. The summed E-state index contributed by atoms with van der Waals surface area (Å²) in [5, 5.41) is 3.75. The summed E-state index contributed by atoms with van der Waals surface area (Å²) in [6, 6.07) is 22.1. The normalized spacial score (nSPS) is 14.5. The van der Waals surface area contributed by atoms with E-state index in [0.29, 0.717) is 11.6 Å². The number of pyridine rings is 1. The third kappa shape index (κ3) is 5.38. The van der Waals surface area contributed by atoms with E-state index < -0.39 is 0 Å². The summed E-state index contributed by atoms with van der Waals surface area (Å²) in [6.45, 7) is 3.72. The fraction of sp³-hybridized carbons (Fsp3) is 0.250. The number of nitrogens with one attached hydrogen (secondary N) is 1. The van der Waals surface area contributed by atoms with Crippen LogP contribution in [-0.2, 0) is 11.2 Å². The summed E-state index contributed by atoms with van der Waals surface area (Å²) in [4.78, 5) is 21.5. The van der Waals surface area contributed by atoms with Crippen molar-refractivity contribution in [3.63, 3.8) is 0 Å². The Kier molecular flexibility index (Phi) is 6.62. The lowest BCUT2D eigenvalue weighted by atomic mass is 10.0. The molecule has 1 fully saturated rings. The number of piperazine rings is 1. The van der Waals surface area contributed by atoms with Crippen molar-refractivity contribution in [2.45, 2.75) is 6.42 Å². The van der Waals surface area contributed by atoms with Crippen molar-refractivity contribution in [1.29, 1.82) is 0 Å². The van der Waals surface area contributed by atoms with Crippen molar-refractivity contribution in [2.24, 2.45) is 0 Å². The molecule has 0 saturated carbocycles. The number of carbonyl (C=O) groups excluding carboxylic acids is 1. The Hall–Kier alpha value is -2.89. The summed E-state index contributed by atoms with van der Waals surface area (Å²) in [7, 11) is 0. The van der Waals surface area contributed by atoms with Gasteiger partial charge in [-0.05, 0) is 35.7 Å². The highest BCUT2D eigenvalue weighted by Crippen LogP contribution is 2.20. The van der Waals surface area contributed by atoms with Crippen molar-refractivity contribution >= 4 is 29.0 Å². The van der Waals surface area contributed by atoms with Gasteiger partial charge in [-0.15, -0.1) is 0 Å². The van der Waals surface area contributed by atoms with Gasteiger partial charge in [-0.2, -0.15) is 0 Å². The Labute approximate surface area is 182 Å². The zero-order valence-corrected chi connectivity index (χ0v) is 17.6. The molecule has 1 N–H and O–H groups in total. The largest absolute Gasteiger partial charge is 0.354 e. The lowest BCUT2D eigenvalue weighted by Crippen LogP contribution is -2.48. The summed E-state index contributed by atoms with van der Waals surface area (Å²) in [5.74, 6) is 0.951. The molecular weight excluding hydrogens is 396 g/mol. The molecule has 1 aliphatic heterocycles. The Morgan fingerprint density at radius 3 is 2.40 bits per heavy atom. The number of hydrogen-bond acceptors (Lipinski definition) is 4. The summed E-state index contributed by atoms with van der Waals surface area (Å²) in [5.41, 5.74) is 3.23. The highest BCUT2D eigenvalue weighted by atomic mass is 35.5. The molecule has 0 unspecified atom stereocenters. The van der Waals surface area contributed by atoms with Gasteiger partial charge in [-0.25, -0.2) is 4.98 Å². The van der Waals surface area contributed by atoms with Crippen LogP contribution in [-0.4, -0.2) is 48.5 Å². The molecule has 0 atom stereocenters. The predicted octanol–water partition coefficient (Wildman–Crippen LogP) is 4.09. The standard InChI is InChI=1S/C24H25ClN4O/c25-21-10-11-23(26-17-21)29-14-12-28(13-15-29)18-24(30)27-22-9-5-4-8-20(22)16-19-6-2-1-3-7-19/h1-11,17H,12-16,18H2,(H,27,30). The molecular formula is C24H25ClN4O. The first-order chi connectivity index (χ1) is 14.7. The average molecular weight is 421 g/mol. The highest BCUT2D eigenvalue weighted by molar-refractivity contribution is 6.30. The summed E-state index contributed by atoms with van der Waals surface area (Å²) < 4.78 is 0. The Balaban J connectivity index is 1.31. The maximum absolute atomic E-state index is 12.7. The minimum Gasteiger partial charge on any atom is -0.354 e. The van der Waals surface area contributed by atoms with Crippen LogP contribution in [0.3, 0.4) is 0 Å². The van der Waals surface area contributed by atoms with E-state index in [9.17, 15) is 4.79 Å². The van der Waals surface area contributed by atoms with Crippen molar-refractivity contribution < 1.29 is 4.79 Å². The van der Waals surface area contributed by atoms with Crippen molar-refractivity contribution in [2.75, 3.05) is 42.9 Å². The zero-order valence-electron chi connectivity index (χ0n) is 16.8. The van der Waals surface area contributed by atoms with Crippen LogP contribution in [0.4, 0.5) is 11.5 Å². The van der Waals surface area contributed by atoms with Gasteiger partial charge in [0.15, 0.2) is 0 Å². The number of halogens is 1. The number of para-hydroxylation sites is 1. The van der Waals surface area contributed by atoms with Gasteiger partial charge in [0.25, 0.3) is 0 Å². The van der Waals surface area contributed by atoms with Gasteiger partial charge in [-0.1, -0.05) is 60.1 Å². The molecule has 4 rings (SSSR count). The van der Waals surface area contributed by atoms with Crippen LogP contribution in [0.1, 0.15) is 11.1 Å². The zero-order chi connectivity index (χ0) is 20.8. The Morgan fingerprint density at radius 2 is 1.67 bits per heavy atom. The molecule has 30 heavy (non-hydrogen) atoms. The smallest absolute Gasteiger partial charge is 0.238 e. The molecule has 5 nitrogen and oxygen atoms in total. The van der Waals surface area contributed by atoms with Crippen LogP contribution in [0.15, 0.2) is 72.9 Å². The Bertz CT molecular complexity index is 970. The second-order valence-electron chi connectivity index (χ2n) is 7.47. The minimum absolute atomic E-state index is 0.0218. The molecule has 1 aromatic heterocycles. The monoisotopic (exact) mass is 420 g/mol. The van der Waals surface area contributed by atoms with E-state index in [1.165, 1.54) is 5.56 Å². The molecule has 0 spiro atoms. The maximum atomic E-state index is 12.7. The first kappa shape index (κ1) is 20.4. The van der Waals surface area contributed by atoms with Crippen molar-refractivity contribution in [1.82, 2.24) is 9.88 Å². The van der Waals surface area contributed by atoms with E-state index in [1.54, 1.807) is 6.20 Å². The summed E-state index contributed by atoms with van der Waals surface area (Å²) in [6.07, 6.45) is 2.47. The van der Waals surface area contributed by atoms with Gasteiger partial charge in [0.05, 0.1) is 11.6 Å². The second-order valence-corrected chi connectivity index (χ2v) is 7.90. The number of carbonyl (C=O) groups is 1. The van der Waals surface area contributed by atoms with E-state index in [2.05, 4.69) is 38.3 Å². The number of hydrogen-bond donors (Lipinski definition) is 1. The van der Waals surface area contributed by atoms with E-state index in [-0.39, 0.29) is 5.91 Å². The molecule has 0 aliphatic carbocycles. The van der Waals surface area contributed by atoms with Gasteiger partial charge in [0, 0.05) is 38.1 Å². The van der Waals surface area contributed by atoms with E-state index in [1.807, 2.05) is 48.5 Å². The quantitative estimate of drug-likeness (QED) is 0.652. The second kappa shape index (κ2) is 9.74. The molecule has 1 amide bonds. The van der Waals surface area contributed by atoms with Gasteiger partial charge in [0.1, 0.15) is 5.82 Å². The molecule has 2 heterocycles. The molecule has 0 bridgehead atoms. The number of rotatable bonds is 6. The fourth-order valence-electron chi connectivity index (χ4n) is 3.70. The van der Waals surface area contributed by atoms with E-state index >= 15 is 0 Å².